The van der Waals surface area contributed by atoms with Crippen LogP contribution in [0.5, 0.6) is 0 Å². The van der Waals surface area contributed by atoms with E-state index < -0.39 is 0 Å². The van der Waals surface area contributed by atoms with Crippen LogP contribution in [0.3, 0.4) is 0 Å². The minimum absolute atomic E-state index is 0.113. The molecule has 0 atom stereocenters. The van der Waals surface area contributed by atoms with E-state index >= 15 is 0 Å². The van der Waals surface area contributed by atoms with Crippen molar-refractivity contribution in [1.82, 2.24) is 19.8 Å². The van der Waals surface area contributed by atoms with Gasteiger partial charge in [0.2, 0.25) is 0 Å². The van der Waals surface area contributed by atoms with Gasteiger partial charge in [-0.15, -0.1) is 0 Å². The van der Waals surface area contributed by atoms with Crippen molar-refractivity contribution in [3.8, 4) is 5.69 Å². The van der Waals surface area contributed by atoms with E-state index in [0.717, 1.165) is 36.2 Å². The molecule has 1 aliphatic heterocycles. The quantitative estimate of drug-likeness (QED) is 0.222. The summed E-state index contributed by atoms with van der Waals surface area (Å²) >= 11 is 0. The van der Waals surface area contributed by atoms with E-state index in [-0.39, 0.29) is 17.5 Å². The first-order chi connectivity index (χ1) is 20.5. The predicted molar refractivity (Wildman–Crippen MR) is 169 cm³/mol. The Labute approximate surface area is 252 Å². The summed E-state index contributed by atoms with van der Waals surface area (Å²) in [5, 5.41) is 17.6. The molecule has 0 spiro atoms. The zero-order chi connectivity index (χ0) is 30.7. The number of carbonyl (C=O) groups excluding carboxylic acids is 2. The van der Waals surface area contributed by atoms with Crippen LogP contribution < -0.4 is 16.0 Å². The first-order valence-corrected chi connectivity index (χ1v) is 14.8. The van der Waals surface area contributed by atoms with E-state index in [4.69, 9.17) is 9.62 Å². The van der Waals surface area contributed by atoms with Crippen LogP contribution in [0, 0.1) is 26.7 Å². The third-order valence-corrected chi connectivity index (χ3v) is 7.90. The molecule has 226 valence electrons. The molecule has 0 saturated carbocycles. The Hall–Kier alpha value is -4.60. The van der Waals surface area contributed by atoms with Gasteiger partial charge in [-0.05, 0) is 75.8 Å². The molecule has 5 rings (SSSR count). The zero-order valence-electron chi connectivity index (χ0n) is 25.8. The van der Waals surface area contributed by atoms with Gasteiger partial charge in [0, 0.05) is 30.3 Å². The molecule has 1 fully saturated rings. The Morgan fingerprint density at radius 3 is 2.21 bits per heavy atom. The molecular formula is C33H41N7O3. The molecule has 0 aliphatic carbocycles. The van der Waals surface area contributed by atoms with Crippen LogP contribution in [0.1, 0.15) is 61.9 Å². The first-order valence-electron chi connectivity index (χ1n) is 14.8. The molecule has 10 nitrogen and oxygen atoms in total. The van der Waals surface area contributed by atoms with Gasteiger partial charge in [0.05, 0.1) is 11.4 Å². The van der Waals surface area contributed by atoms with Crippen LogP contribution in [-0.2, 0) is 11.8 Å². The molecule has 1 saturated heterocycles. The monoisotopic (exact) mass is 583 g/mol. The minimum Gasteiger partial charge on any atom is -0.359 e. The Balaban J connectivity index is 1.14. The molecular weight excluding hydrogens is 542 g/mol. The molecule has 3 N–H and O–H groups in total. The lowest BCUT2D eigenvalue weighted by Gasteiger charge is -2.32. The molecule has 10 heteroatoms. The van der Waals surface area contributed by atoms with Crippen molar-refractivity contribution in [2.75, 3.05) is 29.0 Å². The summed E-state index contributed by atoms with van der Waals surface area (Å²) in [6.45, 7) is 13.4. The lowest BCUT2D eigenvalue weighted by molar-refractivity contribution is 0.182. The third kappa shape index (κ3) is 7.25. The molecule has 2 aromatic carbocycles. The maximum Gasteiger partial charge on any atom is 0.324 e. The number of anilines is 3. The second-order valence-electron chi connectivity index (χ2n) is 12.5. The number of nitrogens with one attached hydrogen (secondary N) is 3. The van der Waals surface area contributed by atoms with Gasteiger partial charge in [-0.2, -0.15) is 5.10 Å². The fourth-order valence-electron chi connectivity index (χ4n) is 5.24. The number of aromatic nitrogens is 3. The van der Waals surface area contributed by atoms with Crippen LogP contribution >= 0.6 is 0 Å². The summed E-state index contributed by atoms with van der Waals surface area (Å²) in [4.78, 5) is 27.6. The predicted octanol–water partition coefficient (Wildman–Crippen LogP) is 7.21. The van der Waals surface area contributed by atoms with Gasteiger partial charge in [0.15, 0.2) is 5.76 Å². The molecule has 43 heavy (non-hydrogen) atoms. The molecule has 4 amide bonds. The van der Waals surface area contributed by atoms with E-state index in [1.807, 2.05) is 61.2 Å². The van der Waals surface area contributed by atoms with Crippen LogP contribution in [0.2, 0.25) is 0 Å². The Bertz CT molecular complexity index is 1550. The zero-order valence-corrected chi connectivity index (χ0v) is 25.8. The average Bonchev–Trinajstić information content (AvgIpc) is 3.53. The molecule has 2 aromatic heterocycles. The van der Waals surface area contributed by atoms with Crippen molar-refractivity contribution in [1.29, 1.82) is 0 Å². The van der Waals surface area contributed by atoms with Gasteiger partial charge in [-0.3, -0.25) is 5.32 Å². The van der Waals surface area contributed by atoms with Gasteiger partial charge in [0.1, 0.15) is 17.2 Å². The van der Waals surface area contributed by atoms with Crippen LogP contribution in [0.4, 0.5) is 26.8 Å². The van der Waals surface area contributed by atoms with Crippen LogP contribution in [0.25, 0.3) is 5.69 Å². The SMILES string of the molecule is Cc1ccc(-n2nc(C(C)(C)C)cc2NC(=O)Nc2ccc(CC3CCN(C(=O)Nc4c(C)noc4C)CC3)cc2)cc1. The maximum absolute atomic E-state index is 13.0. The largest absolute Gasteiger partial charge is 0.359 e. The van der Waals surface area contributed by atoms with Crippen molar-refractivity contribution >= 4 is 29.3 Å². The average molecular weight is 584 g/mol. The number of urea groups is 2. The normalized spacial score (nSPS) is 14.0. The van der Waals surface area contributed by atoms with Crippen LogP contribution in [-0.4, -0.2) is 45.0 Å². The van der Waals surface area contributed by atoms with E-state index in [0.29, 0.717) is 47.7 Å². The summed E-state index contributed by atoms with van der Waals surface area (Å²) in [5.74, 6) is 1.71. The number of nitrogens with zero attached hydrogens (tertiary/aromatic N) is 4. The van der Waals surface area contributed by atoms with E-state index in [2.05, 4.69) is 54.0 Å². The lowest BCUT2D eigenvalue weighted by Crippen LogP contribution is -2.41. The summed E-state index contributed by atoms with van der Waals surface area (Å²) in [5.41, 5.74) is 6.01. The summed E-state index contributed by atoms with van der Waals surface area (Å²) < 4.78 is 6.92. The number of hydrogen-bond donors (Lipinski definition) is 3. The minimum atomic E-state index is -0.330. The van der Waals surface area contributed by atoms with Crippen molar-refractivity contribution < 1.29 is 14.1 Å². The summed E-state index contributed by atoms with van der Waals surface area (Å²) in [6.07, 6.45) is 2.79. The maximum atomic E-state index is 13.0. The summed E-state index contributed by atoms with van der Waals surface area (Å²) in [7, 11) is 0. The number of carbonyl (C=O) groups is 2. The Morgan fingerprint density at radius 1 is 0.930 bits per heavy atom. The van der Waals surface area contributed by atoms with E-state index in [9.17, 15) is 9.59 Å². The van der Waals surface area contributed by atoms with Gasteiger partial charge in [-0.1, -0.05) is 55.8 Å². The molecule has 0 bridgehead atoms. The van der Waals surface area contributed by atoms with Crippen molar-refractivity contribution in [3.63, 3.8) is 0 Å². The third-order valence-electron chi connectivity index (χ3n) is 7.90. The van der Waals surface area contributed by atoms with E-state index in [1.165, 1.54) is 5.56 Å². The fraction of sp³-hybridized carbons (Fsp3) is 0.394. The number of rotatable bonds is 6. The van der Waals surface area contributed by atoms with Crippen molar-refractivity contribution in [2.45, 2.75) is 66.2 Å². The van der Waals surface area contributed by atoms with Crippen LogP contribution in [0.15, 0.2) is 59.1 Å². The molecule has 0 unspecified atom stereocenters. The number of benzene rings is 2. The highest BCUT2D eigenvalue weighted by Crippen LogP contribution is 2.27. The highest BCUT2D eigenvalue weighted by molar-refractivity contribution is 5.99. The highest BCUT2D eigenvalue weighted by atomic mass is 16.5. The standard InChI is InChI=1S/C33H41N7O3/c1-21-7-13-27(14-8-21)40-29(20-28(37-40)33(4,5)6)35-31(41)34-26-11-9-24(10-12-26)19-25-15-17-39(18-16-25)32(42)36-30-22(2)38-43-23(30)3/h7-14,20,25H,15-19H2,1-6H3,(H,36,42)(H2,34,35,41). The lowest BCUT2D eigenvalue weighted by atomic mass is 9.90. The Kier molecular flexibility index (Phi) is 8.57. The molecule has 4 aromatic rings. The van der Waals surface area contributed by atoms with E-state index in [1.54, 1.807) is 11.6 Å². The van der Waals surface area contributed by atoms with Gasteiger partial charge in [0.25, 0.3) is 0 Å². The highest BCUT2D eigenvalue weighted by Gasteiger charge is 2.25. The molecule has 1 aliphatic rings. The second-order valence-corrected chi connectivity index (χ2v) is 12.5. The number of aryl methyl sites for hydroxylation is 3. The summed E-state index contributed by atoms with van der Waals surface area (Å²) in [6, 6.07) is 17.5. The van der Waals surface area contributed by atoms with Gasteiger partial charge in [-0.25, -0.2) is 14.3 Å². The van der Waals surface area contributed by atoms with Crippen molar-refractivity contribution in [3.05, 3.63) is 82.9 Å². The first kappa shape index (κ1) is 29.9. The van der Waals surface area contributed by atoms with Crippen molar-refractivity contribution in [2.24, 2.45) is 5.92 Å². The molecule has 3 heterocycles. The second kappa shape index (κ2) is 12.3. The van der Waals surface area contributed by atoms with Gasteiger partial charge < -0.3 is 20.1 Å². The number of likely N-dealkylation sites (tertiary alicyclic amines) is 1. The molecule has 0 radical (unpaired) electrons. The fourth-order valence-corrected chi connectivity index (χ4v) is 5.24. The topological polar surface area (TPSA) is 117 Å². The number of amides is 4. The van der Waals surface area contributed by atoms with Gasteiger partial charge >= 0.3 is 12.1 Å². The smallest absolute Gasteiger partial charge is 0.324 e. The number of piperidine rings is 1. The number of hydrogen-bond acceptors (Lipinski definition) is 5. The Morgan fingerprint density at radius 2 is 1.60 bits per heavy atom.